The van der Waals surface area contributed by atoms with Gasteiger partial charge in [-0.25, -0.2) is 4.98 Å². The highest BCUT2D eigenvalue weighted by molar-refractivity contribution is 7.13. The number of likely N-dealkylation sites (tertiary alicyclic amines) is 2. The molecule has 0 spiro atoms. The number of hydrogen-bond donors (Lipinski definition) is 3. The first-order chi connectivity index (χ1) is 10.7. The lowest BCUT2D eigenvalue weighted by atomic mass is 10.00. The van der Waals surface area contributed by atoms with Crippen LogP contribution in [0.4, 0.5) is 5.13 Å². The second-order valence-corrected chi connectivity index (χ2v) is 7.62. The average molecular weight is 324 g/mol. The highest BCUT2D eigenvalue weighted by atomic mass is 32.1. The molecular formula is C16H28N4OS+2. The number of quaternary nitrogens is 2. The molecule has 0 unspecified atom stereocenters. The normalized spacial score (nSPS) is 26.8. The molecule has 0 aromatic carbocycles. The molecular weight excluding hydrogens is 296 g/mol. The van der Waals surface area contributed by atoms with Crippen LogP contribution in [0.1, 0.15) is 37.8 Å². The maximum atomic E-state index is 12.1. The smallest absolute Gasteiger partial charge is 0.281 e. The number of rotatable bonds is 4. The number of carbonyl (C=O) groups excluding carboxylic acids is 1. The molecule has 1 amide bonds. The molecule has 0 radical (unpaired) electrons. The van der Waals surface area contributed by atoms with Crippen LogP contribution in [0.5, 0.6) is 0 Å². The standard InChI is InChI=1S/C16H26N4OS/c1-13-12-22-16(17-13)18-15(21)11-19-9-5-14(6-10-19)20-7-3-2-4-8-20/h12,14H,2-11H2,1H3,(H,17,18,21)/p+2. The van der Waals surface area contributed by atoms with E-state index in [4.69, 9.17) is 0 Å². The Kier molecular flexibility index (Phi) is 5.44. The predicted octanol–water partition coefficient (Wildman–Crippen LogP) is -0.494. The van der Waals surface area contributed by atoms with E-state index >= 15 is 0 Å². The van der Waals surface area contributed by atoms with Gasteiger partial charge in [-0.05, 0) is 26.2 Å². The molecule has 2 saturated heterocycles. The number of nitrogens with zero attached hydrogens (tertiary/aromatic N) is 1. The maximum Gasteiger partial charge on any atom is 0.281 e. The van der Waals surface area contributed by atoms with Crippen LogP contribution >= 0.6 is 11.3 Å². The van der Waals surface area contributed by atoms with Gasteiger partial charge in [-0.15, -0.1) is 11.3 Å². The van der Waals surface area contributed by atoms with Crippen LogP contribution < -0.4 is 15.1 Å². The Bertz CT molecular complexity index is 490. The molecule has 0 aliphatic carbocycles. The lowest BCUT2D eigenvalue weighted by Gasteiger charge is -2.35. The van der Waals surface area contributed by atoms with Crippen LogP contribution in [0.25, 0.3) is 0 Å². The fourth-order valence-electron chi connectivity index (χ4n) is 3.83. The zero-order valence-corrected chi connectivity index (χ0v) is 14.3. The molecule has 22 heavy (non-hydrogen) atoms. The van der Waals surface area contributed by atoms with Crippen LogP contribution in [-0.2, 0) is 4.79 Å². The second-order valence-electron chi connectivity index (χ2n) is 6.76. The summed E-state index contributed by atoms with van der Waals surface area (Å²) < 4.78 is 0. The van der Waals surface area contributed by atoms with Crippen LogP contribution in [-0.4, -0.2) is 49.7 Å². The molecule has 2 fully saturated rings. The average Bonchev–Trinajstić information content (AvgIpc) is 2.94. The molecule has 6 heteroatoms. The van der Waals surface area contributed by atoms with E-state index in [9.17, 15) is 4.79 Å². The number of aryl methyl sites for hydroxylation is 1. The fourth-order valence-corrected chi connectivity index (χ4v) is 4.53. The summed E-state index contributed by atoms with van der Waals surface area (Å²) in [5.74, 6) is 0.105. The number of anilines is 1. The molecule has 0 bridgehead atoms. The minimum atomic E-state index is 0.105. The fraction of sp³-hybridized carbons (Fsp3) is 0.750. The summed E-state index contributed by atoms with van der Waals surface area (Å²) in [7, 11) is 0. The van der Waals surface area contributed by atoms with E-state index < -0.39 is 0 Å². The zero-order chi connectivity index (χ0) is 15.4. The maximum absolute atomic E-state index is 12.1. The third-order valence-electron chi connectivity index (χ3n) is 5.04. The van der Waals surface area contributed by atoms with Crippen molar-refractivity contribution < 1.29 is 14.6 Å². The Balaban J connectivity index is 1.40. The number of piperidine rings is 2. The monoisotopic (exact) mass is 324 g/mol. The van der Waals surface area contributed by atoms with Crippen molar-refractivity contribution >= 4 is 22.4 Å². The molecule has 3 heterocycles. The van der Waals surface area contributed by atoms with E-state index in [0.29, 0.717) is 6.54 Å². The first kappa shape index (κ1) is 15.9. The number of thiazole rings is 1. The van der Waals surface area contributed by atoms with E-state index in [-0.39, 0.29) is 5.91 Å². The summed E-state index contributed by atoms with van der Waals surface area (Å²) in [4.78, 5) is 19.6. The third kappa shape index (κ3) is 4.27. The van der Waals surface area contributed by atoms with Gasteiger partial charge in [0.1, 0.15) is 0 Å². The van der Waals surface area contributed by atoms with Gasteiger partial charge in [0, 0.05) is 18.2 Å². The van der Waals surface area contributed by atoms with Crippen LogP contribution in [0.2, 0.25) is 0 Å². The largest absolute Gasteiger partial charge is 0.332 e. The lowest BCUT2D eigenvalue weighted by molar-refractivity contribution is -0.958. The topological polar surface area (TPSA) is 50.9 Å². The van der Waals surface area contributed by atoms with Gasteiger partial charge in [0.2, 0.25) is 0 Å². The molecule has 1 aromatic heterocycles. The number of nitrogens with one attached hydrogen (secondary N) is 3. The molecule has 5 nitrogen and oxygen atoms in total. The minimum absolute atomic E-state index is 0.105. The van der Waals surface area contributed by atoms with E-state index in [0.717, 1.165) is 30.0 Å². The second kappa shape index (κ2) is 7.53. The van der Waals surface area contributed by atoms with Crippen LogP contribution in [0.3, 0.4) is 0 Å². The first-order valence-corrected chi connectivity index (χ1v) is 9.49. The van der Waals surface area contributed by atoms with Crippen molar-refractivity contribution in [2.24, 2.45) is 0 Å². The Hall–Kier alpha value is -0.980. The molecule has 0 saturated carbocycles. The van der Waals surface area contributed by atoms with Crippen LogP contribution in [0.15, 0.2) is 5.38 Å². The molecule has 3 rings (SSSR count). The number of carbonyl (C=O) groups is 1. The molecule has 1 aromatic rings. The van der Waals surface area contributed by atoms with Gasteiger partial charge >= 0.3 is 0 Å². The summed E-state index contributed by atoms with van der Waals surface area (Å²) in [6, 6.07) is 0.841. The predicted molar refractivity (Wildman–Crippen MR) is 88.6 cm³/mol. The summed E-state index contributed by atoms with van der Waals surface area (Å²) in [5, 5.41) is 5.63. The van der Waals surface area contributed by atoms with Gasteiger partial charge in [-0.3, -0.25) is 10.1 Å². The Labute approximate surface area is 136 Å². The lowest BCUT2D eigenvalue weighted by Crippen LogP contribution is -3.21. The van der Waals surface area contributed by atoms with E-state index in [1.807, 2.05) is 17.2 Å². The van der Waals surface area contributed by atoms with E-state index in [2.05, 4.69) is 10.3 Å². The molecule has 2 aliphatic rings. The molecule has 2 aliphatic heterocycles. The Morgan fingerprint density at radius 2 is 2.00 bits per heavy atom. The van der Waals surface area contributed by atoms with Gasteiger partial charge in [0.15, 0.2) is 11.7 Å². The van der Waals surface area contributed by atoms with Gasteiger partial charge in [-0.1, -0.05) is 0 Å². The van der Waals surface area contributed by atoms with Gasteiger partial charge in [0.25, 0.3) is 5.91 Å². The Morgan fingerprint density at radius 3 is 2.64 bits per heavy atom. The molecule has 122 valence electrons. The Morgan fingerprint density at radius 1 is 1.27 bits per heavy atom. The van der Waals surface area contributed by atoms with Crippen molar-refractivity contribution in [2.75, 3.05) is 38.0 Å². The van der Waals surface area contributed by atoms with Gasteiger partial charge < -0.3 is 9.80 Å². The highest BCUT2D eigenvalue weighted by Gasteiger charge is 2.31. The summed E-state index contributed by atoms with van der Waals surface area (Å²) in [6.45, 7) is 7.54. The highest BCUT2D eigenvalue weighted by Crippen LogP contribution is 2.13. The number of amides is 1. The van der Waals surface area contributed by atoms with E-state index in [1.165, 1.54) is 61.4 Å². The SMILES string of the molecule is Cc1csc(NC(=O)C[NH+]2CCC([NH+]3CCCCC3)CC2)n1. The van der Waals surface area contributed by atoms with Crippen LogP contribution in [0, 0.1) is 6.92 Å². The van der Waals surface area contributed by atoms with E-state index in [1.54, 1.807) is 0 Å². The first-order valence-electron chi connectivity index (χ1n) is 8.61. The summed E-state index contributed by atoms with van der Waals surface area (Å²) in [6.07, 6.45) is 6.77. The quantitative estimate of drug-likeness (QED) is 0.700. The molecule has 3 N–H and O–H groups in total. The van der Waals surface area contributed by atoms with Gasteiger partial charge in [-0.2, -0.15) is 0 Å². The summed E-state index contributed by atoms with van der Waals surface area (Å²) >= 11 is 1.50. The number of aromatic nitrogens is 1. The summed E-state index contributed by atoms with van der Waals surface area (Å²) in [5.41, 5.74) is 0.970. The third-order valence-corrected chi connectivity index (χ3v) is 5.92. The van der Waals surface area contributed by atoms with Crippen molar-refractivity contribution in [2.45, 2.75) is 45.1 Å². The van der Waals surface area contributed by atoms with Crippen molar-refractivity contribution in [3.05, 3.63) is 11.1 Å². The molecule has 0 atom stereocenters. The minimum Gasteiger partial charge on any atom is -0.332 e. The van der Waals surface area contributed by atoms with Crippen molar-refractivity contribution in [3.8, 4) is 0 Å². The number of hydrogen-bond acceptors (Lipinski definition) is 3. The zero-order valence-electron chi connectivity index (χ0n) is 13.5. The van der Waals surface area contributed by atoms with Crippen molar-refractivity contribution in [1.82, 2.24) is 4.98 Å². The van der Waals surface area contributed by atoms with Gasteiger partial charge in [0.05, 0.1) is 37.9 Å². The van der Waals surface area contributed by atoms with Crippen molar-refractivity contribution in [3.63, 3.8) is 0 Å². The van der Waals surface area contributed by atoms with Crippen molar-refractivity contribution in [1.29, 1.82) is 0 Å².